The van der Waals surface area contributed by atoms with Gasteiger partial charge in [0.25, 0.3) is 5.56 Å². The largest absolute Gasteiger partial charge is 0.465 e. The van der Waals surface area contributed by atoms with Crippen LogP contribution in [0.3, 0.4) is 0 Å². The fourth-order valence-corrected chi connectivity index (χ4v) is 3.36. The lowest BCUT2D eigenvalue weighted by molar-refractivity contribution is 0.142. The van der Waals surface area contributed by atoms with Gasteiger partial charge in [-0.1, -0.05) is 0 Å². The van der Waals surface area contributed by atoms with Gasteiger partial charge < -0.3 is 24.9 Å². The molecule has 0 aliphatic carbocycles. The SMILES string of the molecule is Cc1cc2c(cc1N1CCN(C(=O)O)CC1)[nH]c1nc[nH]c(=O)c12. The van der Waals surface area contributed by atoms with E-state index in [2.05, 4.69) is 19.9 Å². The van der Waals surface area contributed by atoms with Crippen LogP contribution in [-0.4, -0.2) is 57.2 Å². The molecule has 1 aliphatic rings. The lowest BCUT2D eigenvalue weighted by atomic mass is 10.1. The first-order chi connectivity index (χ1) is 11.5. The van der Waals surface area contributed by atoms with Crippen molar-refractivity contribution < 1.29 is 9.90 Å². The molecule has 0 bridgehead atoms. The van der Waals surface area contributed by atoms with Crippen LogP contribution in [0.5, 0.6) is 0 Å². The number of nitrogens with one attached hydrogen (secondary N) is 2. The Bertz CT molecular complexity index is 998. The number of nitrogens with zero attached hydrogens (tertiary/aromatic N) is 3. The average molecular weight is 327 g/mol. The molecule has 3 aromatic rings. The third-order valence-electron chi connectivity index (χ3n) is 4.60. The van der Waals surface area contributed by atoms with Gasteiger partial charge in [0.15, 0.2) is 0 Å². The second kappa shape index (κ2) is 5.26. The van der Waals surface area contributed by atoms with Gasteiger partial charge in [0, 0.05) is 42.8 Å². The first kappa shape index (κ1) is 14.6. The molecule has 4 rings (SSSR count). The second-order valence-corrected chi connectivity index (χ2v) is 6.02. The molecule has 0 unspecified atom stereocenters. The van der Waals surface area contributed by atoms with Crippen molar-refractivity contribution in [2.24, 2.45) is 0 Å². The van der Waals surface area contributed by atoms with Crippen molar-refractivity contribution in [3.63, 3.8) is 0 Å². The van der Waals surface area contributed by atoms with E-state index in [1.165, 1.54) is 11.2 Å². The molecular weight excluding hydrogens is 310 g/mol. The summed E-state index contributed by atoms with van der Waals surface area (Å²) in [5.74, 6) is 0. The molecule has 3 heterocycles. The Labute approximate surface area is 136 Å². The van der Waals surface area contributed by atoms with E-state index in [4.69, 9.17) is 5.11 Å². The zero-order chi connectivity index (χ0) is 16.8. The number of carbonyl (C=O) groups is 1. The summed E-state index contributed by atoms with van der Waals surface area (Å²) in [4.78, 5) is 36.7. The topological polar surface area (TPSA) is 105 Å². The van der Waals surface area contributed by atoms with Crippen LogP contribution in [0.15, 0.2) is 23.3 Å². The minimum atomic E-state index is -0.872. The van der Waals surface area contributed by atoms with E-state index in [-0.39, 0.29) is 5.56 Å². The first-order valence-corrected chi connectivity index (χ1v) is 7.77. The molecule has 0 spiro atoms. The molecule has 1 fully saturated rings. The highest BCUT2D eigenvalue weighted by Crippen LogP contribution is 2.30. The van der Waals surface area contributed by atoms with Gasteiger partial charge in [0.1, 0.15) is 5.65 Å². The summed E-state index contributed by atoms with van der Waals surface area (Å²) < 4.78 is 0. The van der Waals surface area contributed by atoms with Crippen molar-refractivity contribution in [3.8, 4) is 0 Å². The lowest BCUT2D eigenvalue weighted by Gasteiger charge is -2.35. The summed E-state index contributed by atoms with van der Waals surface area (Å²) in [5.41, 5.74) is 3.37. The van der Waals surface area contributed by atoms with Crippen LogP contribution < -0.4 is 10.5 Å². The Morgan fingerprint density at radius 3 is 2.71 bits per heavy atom. The first-order valence-electron chi connectivity index (χ1n) is 7.77. The van der Waals surface area contributed by atoms with E-state index in [9.17, 15) is 9.59 Å². The van der Waals surface area contributed by atoms with Crippen LogP contribution in [0, 0.1) is 6.92 Å². The Balaban J connectivity index is 1.76. The summed E-state index contributed by atoms with van der Waals surface area (Å²) in [6.45, 7) is 4.28. The Morgan fingerprint density at radius 1 is 1.25 bits per heavy atom. The number of fused-ring (bicyclic) bond motifs is 3. The number of anilines is 1. The number of hydrogen-bond acceptors (Lipinski definition) is 4. The molecule has 1 aliphatic heterocycles. The Morgan fingerprint density at radius 2 is 2.00 bits per heavy atom. The van der Waals surface area contributed by atoms with Crippen molar-refractivity contribution in [2.45, 2.75) is 6.92 Å². The number of aryl methyl sites for hydroxylation is 1. The van der Waals surface area contributed by atoms with Gasteiger partial charge in [0.05, 0.1) is 11.7 Å². The molecule has 8 heteroatoms. The number of hydrogen-bond donors (Lipinski definition) is 3. The van der Waals surface area contributed by atoms with Crippen molar-refractivity contribution in [1.82, 2.24) is 19.9 Å². The van der Waals surface area contributed by atoms with Crippen LogP contribution in [-0.2, 0) is 0 Å². The van der Waals surface area contributed by atoms with Crippen LogP contribution in [0.2, 0.25) is 0 Å². The molecule has 0 atom stereocenters. The van der Waals surface area contributed by atoms with Gasteiger partial charge in [-0.3, -0.25) is 4.79 Å². The number of benzene rings is 1. The smallest absolute Gasteiger partial charge is 0.407 e. The molecule has 8 nitrogen and oxygen atoms in total. The van der Waals surface area contributed by atoms with Gasteiger partial charge in [-0.2, -0.15) is 0 Å². The van der Waals surface area contributed by atoms with Crippen molar-refractivity contribution in [1.29, 1.82) is 0 Å². The molecule has 2 aromatic heterocycles. The minimum absolute atomic E-state index is 0.159. The molecule has 0 saturated carbocycles. The van der Waals surface area contributed by atoms with Crippen molar-refractivity contribution >= 4 is 33.7 Å². The van der Waals surface area contributed by atoms with Gasteiger partial charge in [-0.15, -0.1) is 0 Å². The third kappa shape index (κ3) is 2.18. The van der Waals surface area contributed by atoms with Crippen LogP contribution in [0.1, 0.15) is 5.56 Å². The highest BCUT2D eigenvalue weighted by Gasteiger charge is 2.22. The fourth-order valence-electron chi connectivity index (χ4n) is 3.36. The van der Waals surface area contributed by atoms with Crippen LogP contribution >= 0.6 is 0 Å². The van der Waals surface area contributed by atoms with Gasteiger partial charge in [0.2, 0.25) is 0 Å². The highest BCUT2D eigenvalue weighted by molar-refractivity contribution is 6.06. The van der Waals surface area contributed by atoms with Gasteiger partial charge >= 0.3 is 6.09 Å². The van der Waals surface area contributed by atoms with E-state index >= 15 is 0 Å². The van der Waals surface area contributed by atoms with Crippen LogP contribution in [0.4, 0.5) is 10.5 Å². The van der Waals surface area contributed by atoms with E-state index in [1.54, 1.807) is 0 Å². The molecule has 124 valence electrons. The van der Waals surface area contributed by atoms with Crippen molar-refractivity contribution in [3.05, 3.63) is 34.4 Å². The molecule has 1 aromatic carbocycles. The van der Waals surface area contributed by atoms with Crippen LogP contribution in [0.25, 0.3) is 21.9 Å². The zero-order valence-corrected chi connectivity index (χ0v) is 13.2. The van der Waals surface area contributed by atoms with Gasteiger partial charge in [-0.05, 0) is 24.6 Å². The maximum Gasteiger partial charge on any atom is 0.407 e. The maximum atomic E-state index is 12.1. The quantitative estimate of drug-likeness (QED) is 0.628. The summed E-state index contributed by atoms with van der Waals surface area (Å²) in [6, 6.07) is 4.01. The monoisotopic (exact) mass is 327 g/mol. The number of aromatic amines is 2. The third-order valence-corrected chi connectivity index (χ3v) is 4.60. The molecule has 1 saturated heterocycles. The second-order valence-electron chi connectivity index (χ2n) is 6.02. The Kier molecular flexibility index (Phi) is 3.19. The maximum absolute atomic E-state index is 12.1. The number of rotatable bonds is 1. The van der Waals surface area contributed by atoms with Gasteiger partial charge in [-0.25, -0.2) is 9.78 Å². The predicted molar refractivity (Wildman–Crippen MR) is 90.8 cm³/mol. The molecule has 3 N–H and O–H groups in total. The summed E-state index contributed by atoms with van der Waals surface area (Å²) in [5, 5.41) is 10.5. The number of amides is 1. The lowest BCUT2D eigenvalue weighted by Crippen LogP contribution is -2.48. The summed E-state index contributed by atoms with van der Waals surface area (Å²) in [7, 11) is 0. The van der Waals surface area contributed by atoms with Crippen molar-refractivity contribution in [2.75, 3.05) is 31.1 Å². The summed E-state index contributed by atoms with van der Waals surface area (Å²) in [6.07, 6.45) is 0.515. The van der Waals surface area contributed by atoms with E-state index in [0.717, 1.165) is 22.2 Å². The number of aromatic nitrogens is 3. The standard InChI is InChI=1S/C16H17N5O3/c1-9-6-10-11(19-14-13(10)15(22)18-8-17-14)7-12(9)20-2-4-21(5-3-20)16(23)24/h6-8H,2-5H2,1H3,(H,23,24)(H2,17,18,19,22). The van der Waals surface area contributed by atoms with E-state index < -0.39 is 6.09 Å². The zero-order valence-electron chi connectivity index (χ0n) is 13.2. The number of piperazine rings is 1. The average Bonchev–Trinajstić information content (AvgIpc) is 2.93. The highest BCUT2D eigenvalue weighted by atomic mass is 16.4. The predicted octanol–water partition coefficient (Wildman–Crippen LogP) is 1.51. The van der Waals surface area contributed by atoms with E-state index in [1.807, 2.05) is 19.1 Å². The normalized spacial score (nSPS) is 15.4. The Hall–Kier alpha value is -3.03. The fraction of sp³-hybridized carbons (Fsp3) is 0.312. The molecular formula is C16H17N5O3. The summed E-state index contributed by atoms with van der Waals surface area (Å²) >= 11 is 0. The molecule has 0 radical (unpaired) electrons. The molecule has 24 heavy (non-hydrogen) atoms. The molecule has 1 amide bonds. The van der Waals surface area contributed by atoms with E-state index in [0.29, 0.717) is 37.2 Å². The number of H-pyrrole nitrogens is 2. The number of carboxylic acid groups (broad SMARTS) is 1. The minimum Gasteiger partial charge on any atom is -0.465 e.